The van der Waals surface area contributed by atoms with E-state index < -0.39 is 0 Å². The molecule has 0 fully saturated rings. The molecule has 6 aromatic rings. The van der Waals surface area contributed by atoms with E-state index in [-0.39, 0.29) is 6.04 Å². The Kier molecular flexibility index (Phi) is 6.34. The number of anilines is 5. The number of allylic oxidation sites excluding steroid dienone is 2. The minimum Gasteiger partial charge on any atom is -0.334 e. The van der Waals surface area contributed by atoms with E-state index in [4.69, 9.17) is 0 Å². The molecule has 2 nitrogen and oxygen atoms in total. The third-order valence-electron chi connectivity index (χ3n) is 9.19. The monoisotopic (exact) mass is 554 g/mol. The molecule has 43 heavy (non-hydrogen) atoms. The maximum Gasteiger partial charge on any atom is 0.0585 e. The van der Waals surface area contributed by atoms with Gasteiger partial charge < -0.3 is 9.80 Å². The highest BCUT2D eigenvalue weighted by molar-refractivity contribution is 6.17. The van der Waals surface area contributed by atoms with Gasteiger partial charge in [-0.15, -0.1) is 0 Å². The average Bonchev–Trinajstić information content (AvgIpc) is 3.07. The van der Waals surface area contributed by atoms with Gasteiger partial charge in [-0.1, -0.05) is 110 Å². The van der Waals surface area contributed by atoms with Gasteiger partial charge in [0.2, 0.25) is 0 Å². The molecule has 0 heterocycles. The van der Waals surface area contributed by atoms with Crippen LogP contribution in [0.15, 0.2) is 152 Å². The predicted molar refractivity (Wildman–Crippen MR) is 183 cm³/mol. The maximum absolute atomic E-state index is 2.58. The van der Waals surface area contributed by atoms with Gasteiger partial charge in [-0.3, -0.25) is 0 Å². The summed E-state index contributed by atoms with van der Waals surface area (Å²) in [4.78, 5) is 4.98. The van der Waals surface area contributed by atoms with Crippen LogP contribution >= 0.6 is 0 Å². The Bertz CT molecular complexity index is 1950. The van der Waals surface area contributed by atoms with Crippen molar-refractivity contribution >= 4 is 50.0 Å². The Labute approximate surface area is 253 Å². The van der Waals surface area contributed by atoms with Gasteiger partial charge in [0.05, 0.1) is 11.7 Å². The maximum atomic E-state index is 2.58. The highest BCUT2D eigenvalue weighted by Gasteiger charge is 2.29. The lowest BCUT2D eigenvalue weighted by Gasteiger charge is -2.38. The van der Waals surface area contributed by atoms with Crippen LogP contribution in [0.3, 0.4) is 0 Å². The Morgan fingerprint density at radius 2 is 1.14 bits per heavy atom. The molecule has 8 rings (SSSR count). The second kappa shape index (κ2) is 10.6. The largest absolute Gasteiger partial charge is 0.334 e. The lowest BCUT2D eigenvalue weighted by Crippen LogP contribution is -2.36. The zero-order valence-electron chi connectivity index (χ0n) is 24.4. The van der Waals surface area contributed by atoms with Crippen molar-refractivity contribution in [3.05, 3.63) is 163 Å². The van der Waals surface area contributed by atoms with Gasteiger partial charge in [-0.05, 0) is 94.6 Å². The normalized spacial score (nSPS) is 17.0. The summed E-state index contributed by atoms with van der Waals surface area (Å²) in [7, 11) is 0. The first-order chi connectivity index (χ1) is 21.3. The summed E-state index contributed by atoms with van der Waals surface area (Å²) in [6.07, 6.45) is 11.1. The van der Waals surface area contributed by atoms with Crippen molar-refractivity contribution in [2.24, 2.45) is 5.92 Å². The minimum atomic E-state index is 0.250. The lowest BCUT2D eigenvalue weighted by atomic mass is 9.83. The Balaban J connectivity index is 1.39. The number of hydrogen-bond donors (Lipinski definition) is 0. The van der Waals surface area contributed by atoms with E-state index in [2.05, 4.69) is 168 Å². The molecule has 0 bridgehead atoms. The van der Waals surface area contributed by atoms with Crippen LogP contribution in [0.2, 0.25) is 0 Å². The molecule has 2 aliphatic carbocycles. The number of hydrogen-bond acceptors (Lipinski definition) is 2. The molecular formula is C41H34N2. The summed E-state index contributed by atoms with van der Waals surface area (Å²) in [5.41, 5.74) is 8.99. The summed E-state index contributed by atoms with van der Waals surface area (Å²) >= 11 is 0. The van der Waals surface area contributed by atoms with Gasteiger partial charge >= 0.3 is 0 Å². The molecule has 0 N–H and O–H groups in total. The summed E-state index contributed by atoms with van der Waals surface area (Å²) in [5.74, 6) is 0.400. The van der Waals surface area contributed by atoms with Crippen LogP contribution in [-0.2, 0) is 12.8 Å². The molecule has 0 aliphatic heterocycles. The standard InChI is InChI=1S/C41H34N2/c1-29-13-11-12-20-37(29)43(34-18-9-4-10-19-34)39-28-24-31-21-25-35-38(27-23-30-22-26-36(39)41(31)40(30)35)42(32-14-5-2-6-15-32)33-16-7-3-8-17-33/h2-21,23-25,27-29,37H,22,26H2,1H3. The third kappa shape index (κ3) is 4.33. The van der Waals surface area contributed by atoms with Gasteiger partial charge in [0.15, 0.2) is 0 Å². The fourth-order valence-electron chi connectivity index (χ4n) is 7.19. The van der Waals surface area contributed by atoms with Crippen molar-refractivity contribution < 1.29 is 0 Å². The first-order valence-electron chi connectivity index (χ1n) is 15.4. The van der Waals surface area contributed by atoms with Crippen LogP contribution in [0.1, 0.15) is 18.1 Å². The summed E-state index contributed by atoms with van der Waals surface area (Å²) in [6, 6.07) is 46.7. The van der Waals surface area contributed by atoms with E-state index in [0.717, 1.165) is 24.2 Å². The molecule has 6 aromatic carbocycles. The van der Waals surface area contributed by atoms with Crippen LogP contribution in [0, 0.1) is 5.92 Å². The average molecular weight is 555 g/mol. The first kappa shape index (κ1) is 25.6. The van der Waals surface area contributed by atoms with Crippen molar-refractivity contribution in [2.75, 3.05) is 9.80 Å². The quantitative estimate of drug-likeness (QED) is 0.189. The second-order valence-corrected chi connectivity index (χ2v) is 11.7. The molecule has 0 saturated carbocycles. The molecule has 0 aromatic heterocycles. The molecule has 2 aliphatic rings. The van der Waals surface area contributed by atoms with Crippen molar-refractivity contribution in [1.29, 1.82) is 0 Å². The van der Waals surface area contributed by atoms with Crippen molar-refractivity contribution in [3.63, 3.8) is 0 Å². The third-order valence-corrected chi connectivity index (χ3v) is 9.19. The topological polar surface area (TPSA) is 6.48 Å². The van der Waals surface area contributed by atoms with Crippen LogP contribution in [0.4, 0.5) is 28.4 Å². The molecule has 2 atom stereocenters. The van der Waals surface area contributed by atoms with Gasteiger partial charge in [0.25, 0.3) is 0 Å². The van der Waals surface area contributed by atoms with Gasteiger partial charge in [0, 0.05) is 28.1 Å². The minimum absolute atomic E-state index is 0.250. The number of benzene rings is 6. The van der Waals surface area contributed by atoms with Crippen LogP contribution in [0.5, 0.6) is 0 Å². The number of nitrogens with zero attached hydrogens (tertiary/aromatic N) is 2. The molecule has 0 amide bonds. The summed E-state index contributed by atoms with van der Waals surface area (Å²) in [5, 5.41) is 5.42. The van der Waals surface area contributed by atoms with Gasteiger partial charge in [-0.25, -0.2) is 0 Å². The zero-order chi connectivity index (χ0) is 28.8. The number of aryl methyl sites for hydroxylation is 2. The van der Waals surface area contributed by atoms with E-state index in [0.29, 0.717) is 5.92 Å². The number of rotatable bonds is 6. The van der Waals surface area contributed by atoms with Crippen LogP contribution < -0.4 is 9.80 Å². The van der Waals surface area contributed by atoms with Gasteiger partial charge in [0.1, 0.15) is 0 Å². The van der Waals surface area contributed by atoms with E-state index in [9.17, 15) is 0 Å². The molecule has 2 unspecified atom stereocenters. The van der Waals surface area contributed by atoms with Crippen molar-refractivity contribution in [1.82, 2.24) is 0 Å². The van der Waals surface area contributed by atoms with Crippen molar-refractivity contribution in [3.8, 4) is 0 Å². The predicted octanol–water partition coefficient (Wildman–Crippen LogP) is 10.8. The Morgan fingerprint density at radius 3 is 1.81 bits per heavy atom. The molecular weight excluding hydrogens is 520 g/mol. The van der Waals surface area contributed by atoms with Crippen molar-refractivity contribution in [2.45, 2.75) is 25.8 Å². The highest BCUT2D eigenvalue weighted by Crippen LogP contribution is 2.47. The van der Waals surface area contributed by atoms with E-state index in [1.54, 1.807) is 0 Å². The fraction of sp³-hybridized carbons (Fsp3) is 0.122. The Hall–Kier alpha value is -5.08. The molecule has 0 radical (unpaired) electrons. The number of para-hydroxylation sites is 3. The summed E-state index contributed by atoms with van der Waals surface area (Å²) < 4.78 is 0. The molecule has 0 saturated heterocycles. The van der Waals surface area contributed by atoms with E-state index in [1.807, 2.05) is 0 Å². The zero-order valence-corrected chi connectivity index (χ0v) is 24.4. The van der Waals surface area contributed by atoms with Crippen LogP contribution in [0.25, 0.3) is 21.5 Å². The second-order valence-electron chi connectivity index (χ2n) is 11.7. The van der Waals surface area contributed by atoms with Crippen LogP contribution in [-0.4, -0.2) is 6.04 Å². The first-order valence-corrected chi connectivity index (χ1v) is 15.4. The van der Waals surface area contributed by atoms with Gasteiger partial charge in [-0.2, -0.15) is 0 Å². The van der Waals surface area contributed by atoms with E-state index >= 15 is 0 Å². The SMILES string of the molecule is CC1C=CC=CC1N(c1ccccc1)c1ccc2ccc3c(N(c4ccccc4)c4ccccc4)ccc4c3c2c1CC4. The molecule has 0 spiro atoms. The molecule has 2 heteroatoms. The van der Waals surface area contributed by atoms with E-state index in [1.165, 1.54) is 49.7 Å². The fourth-order valence-corrected chi connectivity index (χ4v) is 7.19. The highest BCUT2D eigenvalue weighted by atomic mass is 15.2. The lowest BCUT2D eigenvalue weighted by molar-refractivity contribution is 0.608. The smallest absolute Gasteiger partial charge is 0.0585 e. The summed E-state index contributed by atoms with van der Waals surface area (Å²) in [6.45, 7) is 2.33. The Morgan fingerprint density at radius 1 is 0.535 bits per heavy atom. The molecule has 208 valence electrons.